The minimum Gasteiger partial charge on any atom is -0.383 e. The molecule has 0 unspecified atom stereocenters. The van der Waals surface area contributed by atoms with Crippen molar-refractivity contribution in [1.82, 2.24) is 9.97 Å². The van der Waals surface area contributed by atoms with Gasteiger partial charge in [0.25, 0.3) is 0 Å². The van der Waals surface area contributed by atoms with Crippen LogP contribution in [0.3, 0.4) is 0 Å². The Morgan fingerprint density at radius 3 is 2.70 bits per heavy atom. The lowest BCUT2D eigenvalue weighted by molar-refractivity contribution is 0.611. The van der Waals surface area contributed by atoms with Crippen LogP contribution in [0.1, 0.15) is 41.9 Å². The fraction of sp³-hybridized carbons (Fsp3) is 0.375. The monoisotopic (exact) mass is 271 g/mol. The van der Waals surface area contributed by atoms with E-state index in [4.69, 9.17) is 5.73 Å². The van der Waals surface area contributed by atoms with E-state index in [-0.39, 0.29) is 5.82 Å². The molecular formula is C16H18FN3. The Bertz CT molecular complexity index is 625. The lowest BCUT2D eigenvalue weighted by Crippen LogP contribution is -2.09. The van der Waals surface area contributed by atoms with Crippen LogP contribution in [0, 0.1) is 5.82 Å². The first-order valence-corrected chi connectivity index (χ1v) is 7.11. The minimum atomic E-state index is -0.218. The molecule has 0 fully saturated rings. The summed E-state index contributed by atoms with van der Waals surface area (Å²) in [6, 6.07) is 6.74. The van der Waals surface area contributed by atoms with E-state index < -0.39 is 0 Å². The fourth-order valence-corrected chi connectivity index (χ4v) is 2.74. The number of halogens is 1. The lowest BCUT2D eigenvalue weighted by atomic mass is 10.1. The smallest absolute Gasteiger partial charge is 0.135 e. The number of rotatable bonds is 2. The molecule has 1 aliphatic carbocycles. The van der Waals surface area contributed by atoms with Crippen molar-refractivity contribution in [3.05, 3.63) is 52.7 Å². The third-order valence-corrected chi connectivity index (χ3v) is 3.82. The SMILES string of the molecule is Nc1nc(Cc2ccccc2F)nc2c1CCCCC2. The molecule has 0 aliphatic heterocycles. The molecule has 2 N–H and O–H groups in total. The van der Waals surface area contributed by atoms with Gasteiger partial charge in [0, 0.05) is 17.7 Å². The Hall–Kier alpha value is -1.97. The predicted octanol–water partition coefficient (Wildman–Crippen LogP) is 3.06. The number of hydrogen-bond acceptors (Lipinski definition) is 3. The molecule has 1 aromatic carbocycles. The van der Waals surface area contributed by atoms with Gasteiger partial charge in [-0.2, -0.15) is 0 Å². The minimum absolute atomic E-state index is 0.218. The molecule has 0 bridgehead atoms. The Kier molecular flexibility index (Phi) is 3.63. The van der Waals surface area contributed by atoms with Gasteiger partial charge in [-0.05, 0) is 37.3 Å². The van der Waals surface area contributed by atoms with Crippen LogP contribution in [-0.4, -0.2) is 9.97 Å². The van der Waals surface area contributed by atoms with Gasteiger partial charge < -0.3 is 5.73 Å². The standard InChI is InChI=1S/C16H18FN3/c17-13-8-5-4-6-11(13)10-15-19-14-9-3-1-2-7-12(14)16(18)20-15/h4-6,8H,1-3,7,9-10H2,(H2,18,19,20). The van der Waals surface area contributed by atoms with Gasteiger partial charge in [-0.3, -0.25) is 0 Å². The summed E-state index contributed by atoms with van der Waals surface area (Å²) in [5, 5.41) is 0. The summed E-state index contributed by atoms with van der Waals surface area (Å²) in [6.45, 7) is 0. The zero-order valence-electron chi connectivity index (χ0n) is 11.4. The molecule has 1 aliphatic rings. The average Bonchev–Trinajstić information content (AvgIpc) is 2.67. The van der Waals surface area contributed by atoms with Crippen molar-refractivity contribution in [2.24, 2.45) is 0 Å². The van der Waals surface area contributed by atoms with Crippen molar-refractivity contribution in [3.63, 3.8) is 0 Å². The van der Waals surface area contributed by atoms with E-state index in [2.05, 4.69) is 9.97 Å². The molecule has 20 heavy (non-hydrogen) atoms. The molecule has 3 nitrogen and oxygen atoms in total. The molecule has 0 atom stereocenters. The third kappa shape index (κ3) is 2.64. The number of fused-ring (bicyclic) bond motifs is 1. The molecule has 1 aromatic heterocycles. The first-order chi connectivity index (χ1) is 9.74. The molecule has 0 radical (unpaired) electrons. The van der Waals surface area contributed by atoms with Crippen LogP contribution in [-0.2, 0) is 19.3 Å². The fourth-order valence-electron chi connectivity index (χ4n) is 2.74. The van der Waals surface area contributed by atoms with E-state index >= 15 is 0 Å². The van der Waals surface area contributed by atoms with Gasteiger partial charge in [-0.25, -0.2) is 14.4 Å². The van der Waals surface area contributed by atoms with Crippen molar-refractivity contribution in [2.75, 3.05) is 5.73 Å². The summed E-state index contributed by atoms with van der Waals surface area (Å²) >= 11 is 0. The molecule has 0 spiro atoms. The zero-order valence-corrected chi connectivity index (χ0v) is 11.4. The molecule has 0 amide bonds. The summed E-state index contributed by atoms with van der Waals surface area (Å²) < 4.78 is 13.7. The second kappa shape index (κ2) is 5.57. The van der Waals surface area contributed by atoms with E-state index in [1.165, 1.54) is 12.5 Å². The summed E-state index contributed by atoms with van der Waals surface area (Å²) in [6.07, 6.45) is 5.80. The summed E-state index contributed by atoms with van der Waals surface area (Å²) in [5.41, 5.74) is 8.82. The van der Waals surface area contributed by atoms with Gasteiger partial charge >= 0.3 is 0 Å². The molecule has 1 heterocycles. The van der Waals surface area contributed by atoms with E-state index in [0.29, 0.717) is 23.6 Å². The Balaban J connectivity index is 1.93. The molecule has 0 saturated heterocycles. The molecule has 2 aromatic rings. The van der Waals surface area contributed by atoms with E-state index in [1.54, 1.807) is 12.1 Å². The zero-order chi connectivity index (χ0) is 13.9. The van der Waals surface area contributed by atoms with Crippen molar-refractivity contribution >= 4 is 5.82 Å². The maximum absolute atomic E-state index is 13.7. The molecular weight excluding hydrogens is 253 g/mol. The van der Waals surface area contributed by atoms with Crippen LogP contribution in [0.4, 0.5) is 10.2 Å². The quantitative estimate of drug-likeness (QED) is 0.854. The summed E-state index contributed by atoms with van der Waals surface area (Å²) in [5.74, 6) is 0.973. The van der Waals surface area contributed by atoms with Crippen molar-refractivity contribution in [1.29, 1.82) is 0 Å². The second-order valence-electron chi connectivity index (χ2n) is 5.28. The highest BCUT2D eigenvalue weighted by molar-refractivity contribution is 5.43. The molecule has 0 saturated carbocycles. The van der Waals surface area contributed by atoms with Crippen LogP contribution in [0.5, 0.6) is 0 Å². The van der Waals surface area contributed by atoms with Gasteiger partial charge in [0.2, 0.25) is 0 Å². The van der Waals surface area contributed by atoms with Gasteiger partial charge in [-0.15, -0.1) is 0 Å². The number of nitrogens with zero attached hydrogens (tertiary/aromatic N) is 2. The Morgan fingerprint density at radius 1 is 1.05 bits per heavy atom. The van der Waals surface area contributed by atoms with Crippen LogP contribution in [0.15, 0.2) is 24.3 Å². The normalized spacial score (nSPS) is 14.7. The second-order valence-corrected chi connectivity index (χ2v) is 5.28. The summed E-state index contributed by atoms with van der Waals surface area (Å²) in [4.78, 5) is 8.98. The third-order valence-electron chi connectivity index (χ3n) is 3.82. The number of anilines is 1. The predicted molar refractivity (Wildman–Crippen MR) is 76.9 cm³/mol. The Labute approximate surface area is 118 Å². The largest absolute Gasteiger partial charge is 0.383 e. The van der Waals surface area contributed by atoms with Crippen LogP contribution in [0.2, 0.25) is 0 Å². The number of aromatic nitrogens is 2. The number of aryl methyl sites for hydroxylation is 1. The highest BCUT2D eigenvalue weighted by atomic mass is 19.1. The summed E-state index contributed by atoms with van der Waals surface area (Å²) in [7, 11) is 0. The molecule has 3 rings (SSSR count). The van der Waals surface area contributed by atoms with Gasteiger partial charge in [-0.1, -0.05) is 24.6 Å². The van der Waals surface area contributed by atoms with Crippen molar-refractivity contribution in [2.45, 2.75) is 38.5 Å². The highest BCUT2D eigenvalue weighted by Crippen LogP contribution is 2.23. The van der Waals surface area contributed by atoms with Crippen molar-refractivity contribution in [3.8, 4) is 0 Å². The van der Waals surface area contributed by atoms with Crippen LogP contribution < -0.4 is 5.73 Å². The van der Waals surface area contributed by atoms with Gasteiger partial charge in [0.15, 0.2) is 0 Å². The van der Waals surface area contributed by atoms with Gasteiger partial charge in [0.1, 0.15) is 17.5 Å². The maximum Gasteiger partial charge on any atom is 0.135 e. The lowest BCUT2D eigenvalue weighted by Gasteiger charge is -2.10. The number of nitrogen functional groups attached to an aromatic ring is 1. The molecule has 4 heteroatoms. The first kappa shape index (κ1) is 13.0. The topological polar surface area (TPSA) is 51.8 Å². The first-order valence-electron chi connectivity index (χ1n) is 7.11. The molecule has 104 valence electrons. The van der Waals surface area contributed by atoms with Crippen LogP contribution in [0.25, 0.3) is 0 Å². The highest BCUT2D eigenvalue weighted by Gasteiger charge is 2.15. The Morgan fingerprint density at radius 2 is 1.85 bits per heavy atom. The van der Waals surface area contributed by atoms with E-state index in [1.807, 2.05) is 6.07 Å². The van der Waals surface area contributed by atoms with Crippen LogP contribution >= 0.6 is 0 Å². The van der Waals surface area contributed by atoms with E-state index in [0.717, 1.165) is 36.9 Å². The average molecular weight is 271 g/mol. The number of benzene rings is 1. The number of hydrogen-bond donors (Lipinski definition) is 1. The van der Waals surface area contributed by atoms with Crippen molar-refractivity contribution < 1.29 is 4.39 Å². The maximum atomic E-state index is 13.7. The number of nitrogens with two attached hydrogens (primary N) is 1. The van der Waals surface area contributed by atoms with E-state index in [9.17, 15) is 4.39 Å². The van der Waals surface area contributed by atoms with Gasteiger partial charge in [0.05, 0.1) is 0 Å².